The Kier molecular flexibility index (Phi) is 1.15. The lowest BCUT2D eigenvalue weighted by Crippen LogP contribution is -1.82. The minimum absolute atomic E-state index is 0.760. The third kappa shape index (κ3) is 0.871. The molecular formula is C9H8NO. The summed E-state index contributed by atoms with van der Waals surface area (Å²) in [6, 6.07) is 5.57. The molecule has 1 heterocycles. The lowest BCUT2D eigenvalue weighted by Gasteiger charge is -1.91. The maximum absolute atomic E-state index is 5.60. The fourth-order valence-corrected chi connectivity index (χ4v) is 1.12. The smallest absolute Gasteiger partial charge is 0.173 e. The Labute approximate surface area is 64.6 Å². The second kappa shape index (κ2) is 2.02. The molecule has 55 valence electrons. The number of hydrogen-bond acceptors (Lipinski definition) is 2. The molecule has 2 aromatic rings. The fraction of sp³-hybridized carbons (Fsp3) is 0.111. The first-order chi connectivity index (χ1) is 5.27. The van der Waals surface area contributed by atoms with Crippen molar-refractivity contribution in [3.63, 3.8) is 0 Å². The normalized spacial score (nSPS) is 10.6. The van der Waals surface area contributed by atoms with Crippen molar-refractivity contribution in [3.05, 3.63) is 30.0 Å². The van der Waals surface area contributed by atoms with E-state index in [1.54, 1.807) is 0 Å². The van der Waals surface area contributed by atoms with E-state index in [9.17, 15) is 0 Å². The highest BCUT2D eigenvalue weighted by molar-refractivity contribution is 5.83. The van der Waals surface area contributed by atoms with Crippen molar-refractivity contribution >= 4 is 16.7 Å². The summed E-state index contributed by atoms with van der Waals surface area (Å²) in [5.74, 6) is 0. The van der Waals surface area contributed by atoms with E-state index in [0.717, 1.165) is 22.2 Å². The number of nitrogen functional groups attached to an aromatic ring is 1. The summed E-state index contributed by atoms with van der Waals surface area (Å²) in [7, 11) is 0. The molecule has 0 bridgehead atoms. The molecule has 0 aliphatic rings. The van der Waals surface area contributed by atoms with E-state index in [1.807, 2.05) is 25.1 Å². The van der Waals surface area contributed by atoms with Gasteiger partial charge in [-0.25, -0.2) is 0 Å². The zero-order valence-corrected chi connectivity index (χ0v) is 6.22. The molecule has 0 aliphatic heterocycles. The van der Waals surface area contributed by atoms with Crippen LogP contribution < -0.4 is 5.73 Å². The third-order valence-corrected chi connectivity index (χ3v) is 1.72. The van der Waals surface area contributed by atoms with Gasteiger partial charge in [0.25, 0.3) is 0 Å². The van der Waals surface area contributed by atoms with Gasteiger partial charge in [0.15, 0.2) is 6.26 Å². The molecule has 0 unspecified atom stereocenters. The Balaban J connectivity index is 2.87. The molecule has 0 amide bonds. The molecule has 1 aromatic carbocycles. The maximum atomic E-state index is 5.60. The van der Waals surface area contributed by atoms with Gasteiger partial charge in [0.1, 0.15) is 5.58 Å². The maximum Gasteiger partial charge on any atom is 0.173 e. The van der Waals surface area contributed by atoms with Crippen molar-refractivity contribution in [2.24, 2.45) is 0 Å². The standard InChI is InChI=1S/C9H8NO/c1-6-5-11-9-3-2-7(10)4-8(6)9/h2-4H,10H2,1H3. The molecule has 0 spiro atoms. The van der Waals surface area contributed by atoms with E-state index in [0.29, 0.717) is 0 Å². The van der Waals surface area contributed by atoms with Crippen molar-refractivity contribution in [2.45, 2.75) is 6.92 Å². The highest BCUT2D eigenvalue weighted by Crippen LogP contribution is 2.21. The zero-order valence-electron chi connectivity index (χ0n) is 6.22. The van der Waals surface area contributed by atoms with Gasteiger partial charge in [-0.15, -0.1) is 0 Å². The van der Waals surface area contributed by atoms with Crippen LogP contribution in [0.3, 0.4) is 0 Å². The van der Waals surface area contributed by atoms with Gasteiger partial charge >= 0.3 is 0 Å². The van der Waals surface area contributed by atoms with Crippen LogP contribution in [-0.4, -0.2) is 0 Å². The SMILES string of the molecule is Cc1[c]oc2ccc(N)cc12. The molecule has 0 atom stereocenters. The summed E-state index contributed by atoms with van der Waals surface area (Å²) < 4.78 is 5.12. The Morgan fingerprint density at radius 1 is 1.45 bits per heavy atom. The molecule has 2 N–H and O–H groups in total. The lowest BCUT2D eigenvalue weighted by atomic mass is 10.2. The second-order valence-electron chi connectivity index (χ2n) is 2.58. The topological polar surface area (TPSA) is 39.2 Å². The minimum atomic E-state index is 0.760. The van der Waals surface area contributed by atoms with Gasteiger partial charge in [0.2, 0.25) is 0 Å². The van der Waals surface area contributed by atoms with E-state index in [2.05, 4.69) is 6.26 Å². The average Bonchev–Trinajstić information content (AvgIpc) is 2.33. The van der Waals surface area contributed by atoms with Crippen LogP contribution in [0.2, 0.25) is 0 Å². The van der Waals surface area contributed by atoms with Crippen LogP contribution in [0.25, 0.3) is 11.0 Å². The lowest BCUT2D eigenvalue weighted by molar-refractivity contribution is 0.603. The number of furan rings is 1. The number of hydrogen-bond donors (Lipinski definition) is 1. The molecule has 1 aromatic heterocycles. The molecule has 1 radical (unpaired) electrons. The molecule has 0 saturated carbocycles. The van der Waals surface area contributed by atoms with Crippen LogP contribution in [0, 0.1) is 13.2 Å². The first kappa shape index (κ1) is 6.28. The zero-order chi connectivity index (χ0) is 7.84. The Hall–Kier alpha value is -1.44. The number of anilines is 1. The Morgan fingerprint density at radius 3 is 3.09 bits per heavy atom. The molecule has 11 heavy (non-hydrogen) atoms. The molecular weight excluding hydrogens is 138 g/mol. The highest BCUT2D eigenvalue weighted by Gasteiger charge is 2.00. The van der Waals surface area contributed by atoms with E-state index in [4.69, 9.17) is 10.2 Å². The van der Waals surface area contributed by atoms with Gasteiger partial charge < -0.3 is 10.2 Å². The predicted octanol–water partition coefficient (Wildman–Crippen LogP) is 2.12. The van der Waals surface area contributed by atoms with Crippen molar-refractivity contribution < 1.29 is 4.42 Å². The first-order valence-electron chi connectivity index (χ1n) is 3.43. The summed E-state index contributed by atoms with van der Waals surface area (Å²) in [5, 5.41) is 1.05. The molecule has 2 nitrogen and oxygen atoms in total. The van der Waals surface area contributed by atoms with Crippen molar-refractivity contribution in [3.8, 4) is 0 Å². The fourth-order valence-electron chi connectivity index (χ4n) is 1.12. The summed E-state index contributed by atoms with van der Waals surface area (Å²) >= 11 is 0. The van der Waals surface area contributed by atoms with Gasteiger partial charge in [-0.05, 0) is 25.1 Å². The third-order valence-electron chi connectivity index (χ3n) is 1.72. The van der Waals surface area contributed by atoms with E-state index in [-0.39, 0.29) is 0 Å². The number of aryl methyl sites for hydroxylation is 1. The van der Waals surface area contributed by atoms with E-state index >= 15 is 0 Å². The van der Waals surface area contributed by atoms with Crippen LogP contribution in [0.5, 0.6) is 0 Å². The van der Waals surface area contributed by atoms with Gasteiger partial charge in [0, 0.05) is 16.6 Å². The number of rotatable bonds is 0. The largest absolute Gasteiger partial charge is 0.452 e. The number of benzene rings is 1. The number of nitrogens with two attached hydrogens (primary N) is 1. The van der Waals surface area contributed by atoms with E-state index < -0.39 is 0 Å². The molecule has 0 saturated heterocycles. The van der Waals surface area contributed by atoms with Crippen molar-refractivity contribution in [1.29, 1.82) is 0 Å². The van der Waals surface area contributed by atoms with E-state index in [1.165, 1.54) is 0 Å². The summed E-state index contributed by atoms with van der Waals surface area (Å²) in [6.45, 7) is 1.95. The highest BCUT2D eigenvalue weighted by atomic mass is 16.3. The van der Waals surface area contributed by atoms with Crippen LogP contribution in [0.4, 0.5) is 5.69 Å². The van der Waals surface area contributed by atoms with Crippen molar-refractivity contribution in [1.82, 2.24) is 0 Å². The molecule has 0 aliphatic carbocycles. The minimum Gasteiger partial charge on any atom is -0.452 e. The molecule has 2 heteroatoms. The second-order valence-corrected chi connectivity index (χ2v) is 2.58. The van der Waals surface area contributed by atoms with Gasteiger partial charge in [0.05, 0.1) is 0 Å². The van der Waals surface area contributed by atoms with Crippen LogP contribution in [-0.2, 0) is 0 Å². The summed E-state index contributed by atoms with van der Waals surface area (Å²) in [6.07, 6.45) is 2.77. The van der Waals surface area contributed by atoms with Crippen LogP contribution in [0.15, 0.2) is 22.6 Å². The Morgan fingerprint density at radius 2 is 2.27 bits per heavy atom. The van der Waals surface area contributed by atoms with Crippen LogP contribution in [0.1, 0.15) is 5.56 Å². The van der Waals surface area contributed by atoms with Crippen LogP contribution >= 0.6 is 0 Å². The quantitative estimate of drug-likeness (QED) is 0.578. The van der Waals surface area contributed by atoms with Gasteiger partial charge in [-0.1, -0.05) is 0 Å². The monoisotopic (exact) mass is 146 g/mol. The molecule has 2 rings (SSSR count). The Bertz CT molecular complexity index is 389. The van der Waals surface area contributed by atoms with Gasteiger partial charge in [-0.3, -0.25) is 0 Å². The predicted molar refractivity (Wildman–Crippen MR) is 44.2 cm³/mol. The first-order valence-corrected chi connectivity index (χ1v) is 3.43. The number of fused-ring (bicyclic) bond motifs is 1. The molecule has 0 fully saturated rings. The summed E-state index contributed by atoms with van der Waals surface area (Å²) in [4.78, 5) is 0. The average molecular weight is 146 g/mol. The van der Waals surface area contributed by atoms with Crippen molar-refractivity contribution in [2.75, 3.05) is 5.73 Å². The summed E-state index contributed by atoms with van der Waals surface area (Å²) in [5.41, 5.74) is 8.21. The van der Waals surface area contributed by atoms with Gasteiger partial charge in [-0.2, -0.15) is 0 Å².